The van der Waals surface area contributed by atoms with Crippen LogP contribution in [0.5, 0.6) is 0 Å². The van der Waals surface area contributed by atoms with Gasteiger partial charge in [0, 0.05) is 12.2 Å². The van der Waals surface area contributed by atoms with E-state index in [9.17, 15) is 4.79 Å². The molecule has 1 aromatic carbocycles. The Hall–Kier alpha value is -1.77. The molecule has 0 aliphatic rings. The van der Waals surface area contributed by atoms with Crippen molar-refractivity contribution >= 4 is 11.6 Å². The van der Waals surface area contributed by atoms with Crippen molar-refractivity contribution in [2.75, 3.05) is 12.3 Å². The van der Waals surface area contributed by atoms with E-state index in [1.54, 1.807) is 30.3 Å². The van der Waals surface area contributed by atoms with Crippen LogP contribution in [0.3, 0.4) is 0 Å². The van der Waals surface area contributed by atoms with E-state index in [1.165, 1.54) is 0 Å². The molecule has 0 aromatic heterocycles. The zero-order valence-electron chi connectivity index (χ0n) is 7.29. The number of benzene rings is 1. The number of hydrogen-bond donors (Lipinski definition) is 2. The highest BCUT2D eigenvalue weighted by Gasteiger charge is 2.06. The van der Waals surface area contributed by atoms with E-state index >= 15 is 0 Å². The van der Waals surface area contributed by atoms with Gasteiger partial charge >= 0.3 is 0 Å². The summed E-state index contributed by atoms with van der Waals surface area (Å²) in [5.74, 6) is -0.169. The smallest absolute Gasteiger partial charge is 0.253 e. The highest BCUT2D eigenvalue weighted by Crippen LogP contribution is 2.09. The number of nitrogens with two attached hydrogens (primary N) is 1. The normalized spacial score (nSPS) is 9.23. The van der Waals surface area contributed by atoms with Crippen molar-refractivity contribution in [1.82, 2.24) is 5.32 Å². The van der Waals surface area contributed by atoms with Crippen LogP contribution < -0.4 is 11.1 Å². The van der Waals surface area contributed by atoms with Crippen molar-refractivity contribution in [3.8, 4) is 0 Å². The Kier molecular flexibility index (Phi) is 3.09. The van der Waals surface area contributed by atoms with Gasteiger partial charge in [0.15, 0.2) is 0 Å². The van der Waals surface area contributed by atoms with Crippen molar-refractivity contribution < 1.29 is 4.79 Å². The lowest BCUT2D eigenvalue weighted by Gasteiger charge is -2.04. The number of carbonyl (C=O) groups is 1. The molecule has 0 unspecified atom stereocenters. The first-order chi connectivity index (χ1) is 6.25. The van der Waals surface area contributed by atoms with Crippen molar-refractivity contribution in [1.29, 1.82) is 0 Å². The Bertz CT molecular complexity index is 320. The summed E-state index contributed by atoms with van der Waals surface area (Å²) < 4.78 is 0. The van der Waals surface area contributed by atoms with Crippen LogP contribution in [0.15, 0.2) is 36.9 Å². The van der Waals surface area contributed by atoms with Gasteiger partial charge < -0.3 is 11.1 Å². The average Bonchev–Trinajstić information content (AvgIpc) is 2.15. The number of hydrogen-bond acceptors (Lipinski definition) is 2. The molecule has 0 aliphatic heterocycles. The molecular weight excluding hydrogens is 164 g/mol. The van der Waals surface area contributed by atoms with Crippen LogP contribution in [0, 0.1) is 0 Å². The third kappa shape index (κ3) is 2.33. The van der Waals surface area contributed by atoms with Gasteiger partial charge in [0.25, 0.3) is 5.91 Å². The van der Waals surface area contributed by atoms with E-state index in [0.29, 0.717) is 17.8 Å². The number of carbonyl (C=O) groups excluding carboxylic acids is 1. The molecule has 0 saturated heterocycles. The van der Waals surface area contributed by atoms with E-state index in [1.807, 2.05) is 0 Å². The third-order valence-electron chi connectivity index (χ3n) is 1.61. The fraction of sp³-hybridized carbons (Fsp3) is 0.100. The number of rotatable bonds is 3. The molecule has 3 heteroatoms. The summed E-state index contributed by atoms with van der Waals surface area (Å²) in [4.78, 5) is 11.4. The Morgan fingerprint density at radius 3 is 2.85 bits per heavy atom. The minimum absolute atomic E-state index is 0.169. The van der Waals surface area contributed by atoms with Gasteiger partial charge in [-0.1, -0.05) is 18.2 Å². The number of amides is 1. The van der Waals surface area contributed by atoms with Gasteiger partial charge in [0.2, 0.25) is 0 Å². The Morgan fingerprint density at radius 1 is 1.54 bits per heavy atom. The fourth-order valence-corrected chi connectivity index (χ4v) is 0.964. The maximum Gasteiger partial charge on any atom is 0.253 e. The van der Waals surface area contributed by atoms with E-state index in [0.717, 1.165) is 0 Å². The molecule has 0 atom stereocenters. The number of para-hydroxylation sites is 1. The minimum atomic E-state index is -0.169. The standard InChI is InChI=1S/C10H12N2O/c1-2-7-12-10(13)8-5-3-4-6-9(8)11/h2-6H,1,7,11H2,(H,12,13). The molecule has 1 amide bonds. The Balaban J connectivity index is 2.76. The highest BCUT2D eigenvalue weighted by atomic mass is 16.1. The molecule has 0 radical (unpaired) electrons. The van der Waals surface area contributed by atoms with Gasteiger partial charge in [-0.3, -0.25) is 4.79 Å². The molecule has 0 fully saturated rings. The van der Waals surface area contributed by atoms with Gasteiger partial charge in [-0.25, -0.2) is 0 Å². The van der Waals surface area contributed by atoms with Crippen LogP contribution in [0.4, 0.5) is 5.69 Å². The van der Waals surface area contributed by atoms with Crippen LogP contribution in [-0.4, -0.2) is 12.5 Å². The lowest BCUT2D eigenvalue weighted by molar-refractivity contribution is 0.0959. The summed E-state index contributed by atoms with van der Waals surface area (Å²) >= 11 is 0. The molecule has 0 saturated carbocycles. The largest absolute Gasteiger partial charge is 0.398 e. The van der Waals surface area contributed by atoms with Crippen LogP contribution >= 0.6 is 0 Å². The lowest BCUT2D eigenvalue weighted by atomic mass is 10.2. The Morgan fingerprint density at radius 2 is 2.23 bits per heavy atom. The second kappa shape index (κ2) is 4.30. The monoisotopic (exact) mass is 176 g/mol. The first-order valence-electron chi connectivity index (χ1n) is 3.99. The summed E-state index contributed by atoms with van der Waals surface area (Å²) in [6, 6.07) is 6.95. The lowest BCUT2D eigenvalue weighted by Crippen LogP contribution is -2.24. The predicted octanol–water partition coefficient (Wildman–Crippen LogP) is 1.18. The van der Waals surface area contributed by atoms with E-state index in [-0.39, 0.29) is 5.91 Å². The van der Waals surface area contributed by atoms with Gasteiger partial charge in [-0.05, 0) is 12.1 Å². The quantitative estimate of drug-likeness (QED) is 0.536. The first kappa shape index (κ1) is 9.32. The average molecular weight is 176 g/mol. The molecule has 0 aliphatic carbocycles. The zero-order chi connectivity index (χ0) is 9.68. The van der Waals surface area contributed by atoms with Crippen LogP contribution in [-0.2, 0) is 0 Å². The van der Waals surface area contributed by atoms with Crippen molar-refractivity contribution in [3.63, 3.8) is 0 Å². The van der Waals surface area contributed by atoms with E-state index in [4.69, 9.17) is 5.73 Å². The minimum Gasteiger partial charge on any atom is -0.398 e. The second-order valence-corrected chi connectivity index (χ2v) is 2.59. The van der Waals surface area contributed by atoms with Crippen molar-refractivity contribution in [2.24, 2.45) is 0 Å². The molecule has 0 spiro atoms. The molecule has 0 heterocycles. The summed E-state index contributed by atoms with van der Waals surface area (Å²) in [5, 5.41) is 2.65. The molecule has 68 valence electrons. The van der Waals surface area contributed by atoms with Crippen molar-refractivity contribution in [2.45, 2.75) is 0 Å². The summed E-state index contributed by atoms with van der Waals surface area (Å²) in [7, 11) is 0. The maximum atomic E-state index is 11.4. The molecule has 3 nitrogen and oxygen atoms in total. The van der Waals surface area contributed by atoms with Gasteiger partial charge in [-0.2, -0.15) is 0 Å². The van der Waals surface area contributed by atoms with Gasteiger partial charge in [0.1, 0.15) is 0 Å². The summed E-state index contributed by atoms with van der Waals surface area (Å²) in [6.07, 6.45) is 1.62. The van der Waals surface area contributed by atoms with Gasteiger partial charge in [0.05, 0.1) is 5.56 Å². The highest BCUT2D eigenvalue weighted by molar-refractivity contribution is 5.99. The zero-order valence-corrected chi connectivity index (χ0v) is 7.29. The number of anilines is 1. The van der Waals surface area contributed by atoms with Crippen molar-refractivity contribution in [3.05, 3.63) is 42.5 Å². The second-order valence-electron chi connectivity index (χ2n) is 2.59. The van der Waals surface area contributed by atoms with E-state index < -0.39 is 0 Å². The van der Waals surface area contributed by atoms with Crippen LogP contribution in [0.1, 0.15) is 10.4 Å². The molecule has 0 bridgehead atoms. The van der Waals surface area contributed by atoms with Crippen LogP contribution in [0.2, 0.25) is 0 Å². The SMILES string of the molecule is C=CCNC(=O)c1ccccc1N. The molecule has 3 N–H and O–H groups in total. The number of nitrogen functional groups attached to an aromatic ring is 1. The third-order valence-corrected chi connectivity index (χ3v) is 1.61. The Labute approximate surface area is 77.3 Å². The molecule has 1 rings (SSSR count). The molecule has 1 aromatic rings. The summed E-state index contributed by atoms with van der Waals surface area (Å²) in [6.45, 7) is 3.95. The first-order valence-corrected chi connectivity index (χ1v) is 3.99. The molecular formula is C10H12N2O. The van der Waals surface area contributed by atoms with Crippen LogP contribution in [0.25, 0.3) is 0 Å². The van der Waals surface area contributed by atoms with Gasteiger partial charge in [-0.15, -0.1) is 6.58 Å². The molecule has 13 heavy (non-hydrogen) atoms. The summed E-state index contributed by atoms with van der Waals surface area (Å²) in [5.41, 5.74) is 6.60. The van der Waals surface area contributed by atoms with E-state index in [2.05, 4.69) is 11.9 Å². The predicted molar refractivity (Wildman–Crippen MR) is 53.4 cm³/mol. The maximum absolute atomic E-state index is 11.4. The topological polar surface area (TPSA) is 55.1 Å². The fourth-order valence-electron chi connectivity index (χ4n) is 0.964. The number of nitrogens with one attached hydrogen (secondary N) is 1.